The van der Waals surface area contributed by atoms with Gasteiger partial charge in [0.2, 0.25) is 0 Å². The van der Waals surface area contributed by atoms with Crippen LogP contribution in [0, 0.1) is 0 Å². The summed E-state index contributed by atoms with van der Waals surface area (Å²) >= 11 is 11.9. The topological polar surface area (TPSA) is 89.8 Å². The second-order valence-electron chi connectivity index (χ2n) is 6.93. The smallest absolute Gasteiger partial charge is 0.291 e. The maximum Gasteiger partial charge on any atom is 0.291 e. The Morgan fingerprint density at radius 3 is 2.52 bits per heavy atom. The number of halogens is 2. The summed E-state index contributed by atoms with van der Waals surface area (Å²) in [7, 11) is 1.46. The molecular weight excluding hydrogens is 467 g/mol. The van der Waals surface area contributed by atoms with E-state index in [0.717, 1.165) is 5.39 Å². The van der Waals surface area contributed by atoms with Crippen molar-refractivity contribution in [1.29, 1.82) is 0 Å². The summed E-state index contributed by atoms with van der Waals surface area (Å²) < 4.78 is 16.4. The molecule has 0 bridgehead atoms. The van der Waals surface area contributed by atoms with Crippen LogP contribution in [0.2, 0.25) is 10.0 Å². The van der Waals surface area contributed by atoms with Crippen LogP contribution in [-0.2, 0) is 4.79 Å². The number of ether oxygens (including phenoxy) is 2. The van der Waals surface area contributed by atoms with Crippen molar-refractivity contribution in [2.24, 2.45) is 0 Å². The van der Waals surface area contributed by atoms with Crippen molar-refractivity contribution in [3.63, 3.8) is 0 Å². The molecule has 4 rings (SSSR count). The van der Waals surface area contributed by atoms with Crippen molar-refractivity contribution < 1.29 is 23.5 Å². The Morgan fingerprint density at radius 1 is 0.939 bits per heavy atom. The first-order valence-corrected chi connectivity index (χ1v) is 10.5. The fourth-order valence-corrected chi connectivity index (χ4v) is 3.55. The lowest BCUT2D eigenvalue weighted by Crippen LogP contribution is -2.20. The van der Waals surface area contributed by atoms with Crippen LogP contribution < -0.4 is 20.1 Å². The number of nitrogens with one attached hydrogen (secondary N) is 2. The maximum atomic E-state index is 12.6. The second-order valence-corrected chi connectivity index (χ2v) is 7.77. The molecule has 0 atom stereocenters. The van der Waals surface area contributed by atoms with E-state index in [4.69, 9.17) is 37.1 Å². The van der Waals surface area contributed by atoms with Crippen LogP contribution in [0.3, 0.4) is 0 Å². The first kappa shape index (κ1) is 22.5. The Hall–Kier alpha value is -3.68. The molecule has 0 aliphatic rings. The highest BCUT2D eigenvalue weighted by molar-refractivity contribution is 6.35. The summed E-state index contributed by atoms with van der Waals surface area (Å²) in [6.45, 7) is -0.256. The van der Waals surface area contributed by atoms with E-state index in [1.165, 1.54) is 13.2 Å². The van der Waals surface area contributed by atoms with Gasteiger partial charge in [0, 0.05) is 22.2 Å². The van der Waals surface area contributed by atoms with Crippen LogP contribution in [0.15, 0.2) is 71.1 Å². The van der Waals surface area contributed by atoms with Gasteiger partial charge in [0.25, 0.3) is 11.8 Å². The molecule has 0 saturated heterocycles. The number of methoxy groups -OCH3 is 1. The average molecular weight is 485 g/mol. The SMILES string of the molecule is COc1cc(NC(=O)COc2ccc(Cl)cc2Cl)ccc1NC(=O)c1cc2ccccc2o1. The minimum absolute atomic E-state index is 0.175. The molecule has 1 aromatic heterocycles. The van der Waals surface area contributed by atoms with Crippen LogP contribution in [0.5, 0.6) is 11.5 Å². The van der Waals surface area contributed by atoms with E-state index >= 15 is 0 Å². The van der Waals surface area contributed by atoms with Gasteiger partial charge in [-0.3, -0.25) is 9.59 Å². The first-order chi connectivity index (χ1) is 15.9. The lowest BCUT2D eigenvalue weighted by molar-refractivity contribution is -0.118. The normalized spacial score (nSPS) is 10.6. The third-order valence-electron chi connectivity index (χ3n) is 4.64. The van der Waals surface area contributed by atoms with Crippen LogP contribution in [0.4, 0.5) is 11.4 Å². The van der Waals surface area contributed by atoms with Gasteiger partial charge in [0.05, 0.1) is 17.8 Å². The standard InChI is InChI=1S/C24H18Cl2N2O5/c1-31-21-12-16(27-23(29)13-32-20-9-6-15(25)11-17(20)26)7-8-18(21)28-24(30)22-10-14-4-2-3-5-19(14)33-22/h2-12H,13H2,1H3,(H,27,29)(H,28,30). The number of para-hydroxylation sites is 1. The van der Waals surface area contributed by atoms with E-state index in [9.17, 15) is 9.59 Å². The fourth-order valence-electron chi connectivity index (χ4n) is 3.08. The third-order valence-corrected chi connectivity index (χ3v) is 5.17. The number of furan rings is 1. The highest BCUT2D eigenvalue weighted by Crippen LogP contribution is 2.30. The lowest BCUT2D eigenvalue weighted by atomic mass is 10.2. The molecule has 4 aromatic rings. The highest BCUT2D eigenvalue weighted by Gasteiger charge is 2.15. The number of anilines is 2. The summed E-state index contributed by atoms with van der Waals surface area (Å²) in [5, 5.41) is 7.06. The van der Waals surface area contributed by atoms with E-state index in [1.807, 2.05) is 18.2 Å². The Bertz CT molecular complexity index is 1300. The highest BCUT2D eigenvalue weighted by atomic mass is 35.5. The lowest BCUT2D eigenvalue weighted by Gasteiger charge is -2.13. The van der Waals surface area contributed by atoms with Gasteiger partial charge in [-0.1, -0.05) is 41.4 Å². The van der Waals surface area contributed by atoms with E-state index in [1.54, 1.807) is 42.5 Å². The molecule has 0 radical (unpaired) electrons. The quantitative estimate of drug-likeness (QED) is 0.334. The Balaban J connectivity index is 1.40. The zero-order valence-corrected chi connectivity index (χ0v) is 18.9. The number of amides is 2. The molecule has 2 amide bonds. The van der Waals surface area contributed by atoms with Gasteiger partial charge >= 0.3 is 0 Å². The molecule has 33 heavy (non-hydrogen) atoms. The van der Waals surface area contributed by atoms with Crippen molar-refractivity contribution in [2.45, 2.75) is 0 Å². The number of fused-ring (bicyclic) bond motifs is 1. The van der Waals surface area contributed by atoms with Crippen LogP contribution in [-0.4, -0.2) is 25.5 Å². The van der Waals surface area contributed by atoms with Gasteiger partial charge in [0.15, 0.2) is 12.4 Å². The maximum absolute atomic E-state index is 12.6. The minimum Gasteiger partial charge on any atom is -0.494 e. The molecule has 0 saturated carbocycles. The average Bonchev–Trinajstić information content (AvgIpc) is 3.24. The monoisotopic (exact) mass is 484 g/mol. The molecule has 0 unspecified atom stereocenters. The largest absolute Gasteiger partial charge is 0.494 e. The van der Waals surface area contributed by atoms with Crippen LogP contribution in [0.25, 0.3) is 11.0 Å². The summed E-state index contributed by atoms with van der Waals surface area (Å²) in [6, 6.07) is 18.6. The Kier molecular flexibility index (Phi) is 6.72. The van der Waals surface area contributed by atoms with E-state index in [0.29, 0.717) is 38.5 Å². The van der Waals surface area contributed by atoms with Gasteiger partial charge in [-0.15, -0.1) is 0 Å². The molecule has 1 heterocycles. The summed E-state index contributed by atoms with van der Waals surface area (Å²) in [5.74, 6) is 0.0571. The molecule has 0 fully saturated rings. The summed E-state index contributed by atoms with van der Waals surface area (Å²) in [6.07, 6.45) is 0. The van der Waals surface area contributed by atoms with E-state index in [-0.39, 0.29) is 12.4 Å². The molecule has 7 nitrogen and oxygen atoms in total. The zero-order valence-electron chi connectivity index (χ0n) is 17.4. The molecule has 0 aliphatic heterocycles. The molecule has 0 aliphatic carbocycles. The van der Waals surface area contributed by atoms with Crippen molar-refractivity contribution in [2.75, 3.05) is 24.4 Å². The van der Waals surface area contributed by atoms with Crippen molar-refractivity contribution in [3.05, 3.63) is 82.5 Å². The number of carbonyl (C=O) groups is 2. The predicted octanol–water partition coefficient (Wildman–Crippen LogP) is 6.02. The third kappa shape index (κ3) is 5.39. The Labute approximate surface area is 199 Å². The number of rotatable bonds is 7. The van der Waals surface area contributed by atoms with Gasteiger partial charge in [-0.25, -0.2) is 0 Å². The van der Waals surface area contributed by atoms with Crippen LogP contribution in [0.1, 0.15) is 10.6 Å². The molecule has 0 spiro atoms. The molecule has 2 N–H and O–H groups in total. The van der Waals surface area contributed by atoms with E-state index < -0.39 is 11.8 Å². The first-order valence-electron chi connectivity index (χ1n) is 9.78. The van der Waals surface area contributed by atoms with Gasteiger partial charge in [-0.2, -0.15) is 0 Å². The molecular formula is C24H18Cl2N2O5. The molecule has 9 heteroatoms. The number of hydrogen-bond donors (Lipinski definition) is 2. The number of hydrogen-bond acceptors (Lipinski definition) is 5. The Morgan fingerprint density at radius 2 is 1.76 bits per heavy atom. The van der Waals surface area contributed by atoms with Gasteiger partial charge in [0.1, 0.15) is 17.1 Å². The predicted molar refractivity (Wildman–Crippen MR) is 128 cm³/mol. The second kappa shape index (κ2) is 9.85. The number of carbonyl (C=O) groups excluding carboxylic acids is 2. The van der Waals surface area contributed by atoms with Crippen molar-refractivity contribution in [3.8, 4) is 11.5 Å². The van der Waals surface area contributed by atoms with Gasteiger partial charge < -0.3 is 24.5 Å². The zero-order chi connectivity index (χ0) is 23.4. The fraction of sp³-hybridized carbons (Fsp3) is 0.0833. The van der Waals surface area contributed by atoms with Crippen LogP contribution >= 0.6 is 23.2 Å². The minimum atomic E-state index is -0.422. The van der Waals surface area contributed by atoms with E-state index in [2.05, 4.69) is 10.6 Å². The van der Waals surface area contributed by atoms with Gasteiger partial charge in [-0.05, 0) is 42.5 Å². The summed E-state index contributed by atoms with van der Waals surface area (Å²) in [5.41, 5.74) is 1.50. The van der Waals surface area contributed by atoms with Crippen molar-refractivity contribution in [1.82, 2.24) is 0 Å². The van der Waals surface area contributed by atoms with Crippen molar-refractivity contribution >= 4 is 57.4 Å². The molecule has 3 aromatic carbocycles. The number of benzene rings is 3. The molecule has 168 valence electrons. The summed E-state index contributed by atoms with van der Waals surface area (Å²) in [4.78, 5) is 24.9.